The number of ether oxygens (including phenoxy) is 1. The lowest BCUT2D eigenvalue weighted by molar-refractivity contribution is 0.397. The number of nitrogens with zero attached hydrogens (tertiary/aromatic N) is 1. The van der Waals surface area contributed by atoms with E-state index < -0.39 is 0 Å². The molecule has 1 unspecified atom stereocenters. The van der Waals surface area contributed by atoms with E-state index in [1.165, 1.54) is 24.8 Å². The van der Waals surface area contributed by atoms with Gasteiger partial charge in [-0.1, -0.05) is 25.8 Å². The Morgan fingerprint density at radius 2 is 2.29 bits per heavy atom. The van der Waals surface area contributed by atoms with Gasteiger partial charge in [-0.3, -0.25) is 0 Å². The molecular formula is C14H22N2O. The van der Waals surface area contributed by atoms with Gasteiger partial charge >= 0.3 is 0 Å². The molecule has 1 fully saturated rings. The Balaban J connectivity index is 1.90. The molecule has 0 aromatic carbocycles. The number of hydrogen-bond acceptors (Lipinski definition) is 3. The zero-order valence-corrected chi connectivity index (χ0v) is 10.8. The zero-order valence-electron chi connectivity index (χ0n) is 10.8. The molecule has 0 radical (unpaired) electrons. The number of rotatable bonds is 7. The van der Waals surface area contributed by atoms with Crippen LogP contribution in [0.1, 0.15) is 31.7 Å². The van der Waals surface area contributed by atoms with Crippen LogP contribution in [0.5, 0.6) is 5.88 Å². The Hall–Kier alpha value is -1.09. The summed E-state index contributed by atoms with van der Waals surface area (Å²) in [4.78, 5) is 4.26. The van der Waals surface area contributed by atoms with Gasteiger partial charge in [-0.15, -0.1) is 0 Å². The predicted octanol–water partition coefficient (Wildman–Crippen LogP) is 2.41. The van der Waals surface area contributed by atoms with Crippen LogP contribution in [-0.4, -0.2) is 24.7 Å². The third kappa shape index (κ3) is 4.00. The molecule has 1 aliphatic rings. The lowest BCUT2D eigenvalue weighted by Crippen LogP contribution is -2.31. The maximum Gasteiger partial charge on any atom is 0.212 e. The van der Waals surface area contributed by atoms with Gasteiger partial charge in [-0.2, -0.15) is 0 Å². The third-order valence-electron chi connectivity index (χ3n) is 3.30. The largest absolute Gasteiger partial charge is 0.481 e. The Labute approximate surface area is 104 Å². The van der Waals surface area contributed by atoms with E-state index in [-0.39, 0.29) is 0 Å². The summed E-state index contributed by atoms with van der Waals surface area (Å²) < 4.78 is 5.07. The third-order valence-corrected chi connectivity index (χ3v) is 3.30. The molecule has 1 atom stereocenters. The fraction of sp³-hybridized carbons (Fsp3) is 0.643. The van der Waals surface area contributed by atoms with Crippen LogP contribution in [-0.2, 0) is 6.42 Å². The summed E-state index contributed by atoms with van der Waals surface area (Å²) in [6.07, 6.45) is 7.14. The van der Waals surface area contributed by atoms with Crippen molar-refractivity contribution in [2.24, 2.45) is 5.92 Å². The number of hydrogen-bond donors (Lipinski definition) is 1. The van der Waals surface area contributed by atoms with Crippen LogP contribution < -0.4 is 10.1 Å². The molecule has 1 aromatic heterocycles. The Morgan fingerprint density at radius 3 is 2.82 bits per heavy atom. The molecule has 3 nitrogen and oxygen atoms in total. The minimum absolute atomic E-state index is 0.600. The molecule has 0 amide bonds. The van der Waals surface area contributed by atoms with E-state index in [0.717, 1.165) is 18.9 Å². The van der Waals surface area contributed by atoms with Crippen molar-refractivity contribution in [1.82, 2.24) is 10.3 Å². The monoisotopic (exact) mass is 234 g/mol. The van der Waals surface area contributed by atoms with Crippen LogP contribution in [0.4, 0.5) is 0 Å². The second-order valence-corrected chi connectivity index (χ2v) is 4.85. The standard InChI is InChI=1S/C14H22N2O/c1-3-15-13(8-11-4-5-11)9-12-6-7-14(17-2)16-10-12/h6-7,10-11,13,15H,3-5,8-9H2,1-2H3. The van der Waals surface area contributed by atoms with E-state index in [2.05, 4.69) is 23.3 Å². The van der Waals surface area contributed by atoms with Crippen molar-refractivity contribution in [3.8, 4) is 5.88 Å². The number of aromatic nitrogens is 1. The van der Waals surface area contributed by atoms with Crippen molar-refractivity contribution in [2.75, 3.05) is 13.7 Å². The Bertz CT molecular complexity index is 333. The van der Waals surface area contributed by atoms with Crippen LogP contribution in [0.2, 0.25) is 0 Å². The fourth-order valence-electron chi connectivity index (χ4n) is 2.22. The predicted molar refractivity (Wildman–Crippen MR) is 69.3 cm³/mol. The lowest BCUT2D eigenvalue weighted by atomic mass is 10.0. The first-order valence-corrected chi connectivity index (χ1v) is 6.54. The van der Waals surface area contributed by atoms with Crippen molar-refractivity contribution < 1.29 is 4.74 Å². The fourth-order valence-corrected chi connectivity index (χ4v) is 2.22. The molecule has 3 heteroatoms. The minimum atomic E-state index is 0.600. The molecule has 0 aliphatic heterocycles. The van der Waals surface area contributed by atoms with Gasteiger partial charge in [0.05, 0.1) is 7.11 Å². The summed E-state index contributed by atoms with van der Waals surface area (Å²) in [6.45, 7) is 3.22. The molecule has 0 bridgehead atoms. The van der Waals surface area contributed by atoms with Crippen molar-refractivity contribution in [2.45, 2.75) is 38.6 Å². The summed E-state index contributed by atoms with van der Waals surface area (Å²) in [5.41, 5.74) is 1.29. The van der Waals surface area contributed by atoms with E-state index in [1.54, 1.807) is 7.11 Å². The highest BCUT2D eigenvalue weighted by Crippen LogP contribution is 2.34. The summed E-state index contributed by atoms with van der Waals surface area (Å²) in [5.74, 6) is 1.65. The topological polar surface area (TPSA) is 34.1 Å². The Kier molecular flexibility index (Phi) is 4.37. The number of methoxy groups -OCH3 is 1. The minimum Gasteiger partial charge on any atom is -0.481 e. The second kappa shape index (κ2) is 6.01. The van der Waals surface area contributed by atoms with E-state index >= 15 is 0 Å². The molecule has 0 spiro atoms. The molecule has 1 N–H and O–H groups in total. The van der Waals surface area contributed by atoms with Gasteiger partial charge in [0.15, 0.2) is 0 Å². The van der Waals surface area contributed by atoms with Crippen molar-refractivity contribution in [3.05, 3.63) is 23.9 Å². The zero-order chi connectivity index (χ0) is 12.1. The van der Waals surface area contributed by atoms with Gasteiger partial charge in [0.1, 0.15) is 0 Å². The van der Waals surface area contributed by atoms with E-state index in [9.17, 15) is 0 Å². The molecular weight excluding hydrogens is 212 g/mol. The van der Waals surface area contributed by atoms with Crippen molar-refractivity contribution in [1.29, 1.82) is 0 Å². The molecule has 94 valence electrons. The number of nitrogens with one attached hydrogen (secondary N) is 1. The second-order valence-electron chi connectivity index (χ2n) is 4.85. The quantitative estimate of drug-likeness (QED) is 0.786. The van der Waals surface area contributed by atoms with Gasteiger partial charge < -0.3 is 10.1 Å². The maximum absolute atomic E-state index is 5.07. The van der Waals surface area contributed by atoms with Gasteiger partial charge in [0.2, 0.25) is 5.88 Å². The van der Waals surface area contributed by atoms with Crippen molar-refractivity contribution in [3.63, 3.8) is 0 Å². The molecule has 1 aromatic rings. The van der Waals surface area contributed by atoms with Crippen LogP contribution in [0.25, 0.3) is 0 Å². The average Bonchev–Trinajstić information content (AvgIpc) is 3.14. The molecule has 1 saturated carbocycles. The molecule has 0 saturated heterocycles. The summed E-state index contributed by atoms with van der Waals surface area (Å²) in [7, 11) is 1.65. The first kappa shape index (κ1) is 12.4. The normalized spacial score (nSPS) is 16.8. The smallest absolute Gasteiger partial charge is 0.212 e. The SMILES string of the molecule is CCNC(Cc1ccc(OC)nc1)CC1CC1. The number of likely N-dealkylation sites (N-methyl/N-ethyl adjacent to an activating group) is 1. The molecule has 1 aliphatic carbocycles. The first-order valence-electron chi connectivity index (χ1n) is 6.54. The van der Waals surface area contributed by atoms with E-state index in [1.807, 2.05) is 12.3 Å². The molecule has 2 rings (SSSR count). The molecule has 1 heterocycles. The van der Waals surface area contributed by atoms with Crippen molar-refractivity contribution >= 4 is 0 Å². The Morgan fingerprint density at radius 1 is 1.47 bits per heavy atom. The van der Waals surface area contributed by atoms with Gasteiger partial charge in [0, 0.05) is 18.3 Å². The highest BCUT2D eigenvalue weighted by molar-refractivity contribution is 5.18. The first-order chi connectivity index (χ1) is 8.31. The van der Waals surface area contributed by atoms with Gasteiger partial charge in [-0.25, -0.2) is 4.98 Å². The van der Waals surface area contributed by atoms with Gasteiger partial charge in [-0.05, 0) is 30.9 Å². The highest BCUT2D eigenvalue weighted by Gasteiger charge is 2.25. The average molecular weight is 234 g/mol. The highest BCUT2D eigenvalue weighted by atomic mass is 16.5. The van der Waals surface area contributed by atoms with Crippen LogP contribution >= 0.6 is 0 Å². The lowest BCUT2D eigenvalue weighted by Gasteiger charge is -2.17. The summed E-state index contributed by atoms with van der Waals surface area (Å²) >= 11 is 0. The molecule has 17 heavy (non-hydrogen) atoms. The van der Waals surface area contributed by atoms with E-state index in [4.69, 9.17) is 4.74 Å². The van der Waals surface area contributed by atoms with Crippen LogP contribution in [0.15, 0.2) is 18.3 Å². The summed E-state index contributed by atoms with van der Waals surface area (Å²) in [6, 6.07) is 4.65. The van der Waals surface area contributed by atoms with E-state index in [0.29, 0.717) is 11.9 Å². The van der Waals surface area contributed by atoms with Gasteiger partial charge in [0.25, 0.3) is 0 Å². The van der Waals surface area contributed by atoms with Crippen LogP contribution in [0, 0.1) is 5.92 Å². The summed E-state index contributed by atoms with van der Waals surface area (Å²) in [5, 5.41) is 3.57. The van der Waals surface area contributed by atoms with Crippen LogP contribution in [0.3, 0.4) is 0 Å². The maximum atomic E-state index is 5.07. The number of pyridine rings is 1.